The SMILES string of the molecule is COC(=O)c1sc(Br)cc1N.COC(=O)c1sc(Br)cc1N(C(=O)C1CCC(C)CC1)C1CCC(=O)CC1.COC(=O)c1sc(Br)cc1N(C(=O)C1CCC(C)CC1)C1CCC(O)CC1.COC(=O)c1sc(Br)cc1N(C(=O)C1CCC(C)CC1)C1CCC2(CC1)OCCO2.COC(=O)c1sc(Br)cc1NC1CCC2(CC1)OCCO2.COC(=O)c1sc(C#CC(C)(C)C)cc1N(C(=O)C1CCC(C)CC1)C1CCC(O)CC1. The molecule has 0 aromatic carbocycles. The Labute approximate surface area is 936 Å². The first-order valence-corrected chi connectivity index (χ1v) is 60.9. The van der Waals surface area contributed by atoms with Gasteiger partial charge in [-0.1, -0.05) is 39.5 Å². The van der Waals surface area contributed by atoms with E-state index >= 15 is 0 Å². The summed E-state index contributed by atoms with van der Waals surface area (Å²) in [6, 6.07) is 11.4. The van der Waals surface area contributed by atoms with Crippen LogP contribution in [-0.4, -0.2) is 199 Å². The van der Waals surface area contributed by atoms with Gasteiger partial charge in [-0.25, -0.2) is 28.8 Å². The van der Waals surface area contributed by atoms with E-state index in [1.807, 2.05) is 70.7 Å². The molecule has 0 radical (unpaired) electrons. The molecule has 40 heteroatoms. The number of Topliss-reactive ketones (excluding diaryl/α,β-unsaturated/α-hetero) is 1. The number of anilines is 6. The van der Waals surface area contributed by atoms with Gasteiger partial charge in [0.25, 0.3) is 0 Å². The van der Waals surface area contributed by atoms with Gasteiger partial charge in [0.1, 0.15) is 35.0 Å². The number of amides is 4. The van der Waals surface area contributed by atoms with Crippen LogP contribution in [0.1, 0.15) is 343 Å². The van der Waals surface area contributed by atoms with E-state index in [9.17, 15) is 63.0 Å². The molecule has 11 aliphatic rings. The molecule has 9 saturated carbocycles. The molecular weight excluding hydrogens is 2340 g/mol. The maximum absolute atomic E-state index is 13.9. The molecule has 2 spiro atoms. The Morgan fingerprint density at radius 2 is 0.635 bits per heavy atom. The van der Waals surface area contributed by atoms with Crippen molar-refractivity contribution in [1.29, 1.82) is 0 Å². The quantitative estimate of drug-likeness (QED) is 0.0313. The zero-order chi connectivity index (χ0) is 107. The summed E-state index contributed by atoms with van der Waals surface area (Å²) in [5.41, 5.74) is 9.22. The average molecular weight is 2490 g/mol. The maximum Gasteiger partial charge on any atom is 0.350 e. The first-order valence-electron chi connectivity index (χ1n) is 52.0. The highest BCUT2D eigenvalue weighted by molar-refractivity contribution is 9.12. The summed E-state index contributed by atoms with van der Waals surface area (Å²) in [7, 11) is 8.21. The number of ketones is 1. The van der Waals surface area contributed by atoms with Crippen LogP contribution in [0.2, 0.25) is 0 Å². The van der Waals surface area contributed by atoms with Gasteiger partial charge in [0.15, 0.2) is 11.6 Å². The maximum atomic E-state index is 13.9. The van der Waals surface area contributed by atoms with Gasteiger partial charge in [0.05, 0.1) is 139 Å². The number of halogens is 5. The van der Waals surface area contributed by atoms with E-state index in [-0.39, 0.29) is 107 Å². The molecule has 2 aliphatic heterocycles. The Morgan fingerprint density at radius 1 is 0.365 bits per heavy atom. The predicted octanol–water partition coefficient (Wildman–Crippen LogP) is 25.5. The van der Waals surface area contributed by atoms with Crippen LogP contribution in [0.5, 0.6) is 0 Å². The van der Waals surface area contributed by atoms with Gasteiger partial charge in [0.2, 0.25) is 23.6 Å². The Balaban J connectivity index is 0.000000161. The molecule has 148 heavy (non-hydrogen) atoms. The Hall–Kier alpha value is -6.11. The van der Waals surface area contributed by atoms with Crippen LogP contribution < -0.4 is 30.7 Å². The smallest absolute Gasteiger partial charge is 0.350 e. The number of nitrogens with zero attached hydrogens (tertiary/aromatic N) is 4. The van der Waals surface area contributed by atoms with E-state index in [4.69, 9.17) is 48.4 Å². The second kappa shape index (κ2) is 56.5. The third kappa shape index (κ3) is 32.6. The highest BCUT2D eigenvalue weighted by atomic mass is 79.9. The van der Waals surface area contributed by atoms with Crippen LogP contribution in [0, 0.1) is 64.6 Å². The summed E-state index contributed by atoms with van der Waals surface area (Å²) in [6.45, 7) is 17.8. The average Bonchev–Trinajstić information content (AvgIpc) is 1.47. The number of nitrogens with two attached hydrogens (primary N) is 1. The molecule has 6 aromatic heterocycles. The number of thiophene rings is 6. The van der Waals surface area contributed by atoms with Crippen molar-refractivity contribution >= 4 is 247 Å². The number of rotatable bonds is 20. The first kappa shape index (κ1) is 120. The molecule has 17 rings (SSSR count). The lowest BCUT2D eigenvalue weighted by molar-refractivity contribution is -0.179. The molecular formula is C108H145Br5N6O23S6. The number of nitrogens with one attached hydrogen (secondary N) is 1. The van der Waals surface area contributed by atoms with Gasteiger partial charge < -0.3 is 88.2 Å². The van der Waals surface area contributed by atoms with E-state index in [2.05, 4.69) is 129 Å². The van der Waals surface area contributed by atoms with Crippen molar-refractivity contribution in [2.45, 2.75) is 334 Å². The fraction of sp³-hybridized carbons (Fsp3) is 0.657. The van der Waals surface area contributed by atoms with Crippen LogP contribution in [0.15, 0.2) is 55.3 Å². The third-order valence-corrected chi connectivity index (χ3v) is 39.3. The van der Waals surface area contributed by atoms with Crippen LogP contribution in [-0.2, 0) is 71.3 Å². The number of aliphatic hydroxyl groups excluding tert-OH is 2. The minimum atomic E-state index is -0.480. The minimum absolute atomic E-state index is 0.0111. The second-order valence-electron chi connectivity index (χ2n) is 41.9. The molecule has 11 fully saturated rings. The van der Waals surface area contributed by atoms with E-state index < -0.39 is 35.6 Å². The monoisotopic (exact) mass is 2480 g/mol. The minimum Gasteiger partial charge on any atom is -0.465 e. The molecule has 0 unspecified atom stereocenters. The van der Waals surface area contributed by atoms with Crippen LogP contribution in [0.3, 0.4) is 0 Å². The molecule has 0 atom stereocenters. The van der Waals surface area contributed by atoms with Gasteiger partial charge in [-0.15, -0.1) is 68.0 Å². The standard InChI is InChI=1S/C26H37NO4S.C22H30BrNO5S.C20H28BrNO4S.C20H26BrNO4S.C14H18BrNO4S.C6H6BrNO2S/c1-17-6-8-18(9-7-17)24(29)27(19-10-12-20(28)13-11-19)22-16-21(14-15-26(2,3)4)32-23(22)25(30)31-5;1-14-3-5-15(6-4-14)20(25)24(17-13-18(23)30-19(17)21(26)27-2)16-7-9-22(10-8-16)28-11-12-29-22;2*1-12-3-5-13(6-4-12)19(24)22(14-7-9-15(23)10-8-14)16-11-17(21)27-18(16)20(25)26-2;1-18-13(17)12-10(8-11(15)21-12)16-9-2-4-14(5-3-9)19-6-7-20-14;1-10-6(9)5-3(8)2-4(7)11-5/h16-20,28H,6-13H2,1-5H3;13-16H,3-12H2,1-2H3;11-15,23H,3-10H2,1-2H3;11-14H,3-10H2,1-2H3;8-9,16H,2-7H2,1H3;2H,8H2,1H3. The molecule has 8 heterocycles. The Kier molecular flexibility index (Phi) is 46.0. The van der Waals surface area contributed by atoms with Crippen LogP contribution in [0.25, 0.3) is 0 Å². The zero-order valence-electron chi connectivity index (χ0n) is 87.1. The van der Waals surface area contributed by atoms with Crippen molar-refractivity contribution in [2.75, 3.05) is 99.7 Å². The van der Waals surface area contributed by atoms with Crippen LogP contribution in [0.4, 0.5) is 34.1 Å². The lowest BCUT2D eigenvalue weighted by atomic mass is 9.81. The normalized spacial score (nSPS) is 24.8. The summed E-state index contributed by atoms with van der Waals surface area (Å²) < 4.78 is 56.7. The second-order valence-corrected chi connectivity index (χ2v) is 55.1. The van der Waals surface area contributed by atoms with Crippen molar-refractivity contribution in [3.05, 3.63) is 89.5 Å². The molecule has 2 saturated heterocycles. The lowest BCUT2D eigenvalue weighted by Crippen LogP contribution is -2.49. The van der Waals surface area contributed by atoms with Crippen LogP contribution >= 0.6 is 148 Å². The highest BCUT2D eigenvalue weighted by Gasteiger charge is 2.48. The van der Waals surface area contributed by atoms with Crippen molar-refractivity contribution in [3.63, 3.8) is 0 Å². The largest absolute Gasteiger partial charge is 0.465 e. The highest BCUT2D eigenvalue weighted by Crippen LogP contribution is 2.50. The number of aliphatic hydroxyl groups is 2. The molecule has 4 amide bonds. The molecule has 29 nitrogen and oxygen atoms in total. The van der Waals surface area contributed by atoms with Gasteiger partial charge in [-0.3, -0.25) is 24.0 Å². The first-order chi connectivity index (χ1) is 70.6. The fourth-order valence-electron chi connectivity index (χ4n) is 21.7. The molecule has 816 valence electrons. The Morgan fingerprint density at radius 3 is 0.953 bits per heavy atom. The van der Waals surface area contributed by atoms with E-state index in [0.29, 0.717) is 165 Å². The number of methoxy groups -OCH3 is 6. The van der Waals surface area contributed by atoms with E-state index in [1.165, 1.54) is 111 Å². The molecule has 6 aromatic rings. The van der Waals surface area contributed by atoms with Crippen molar-refractivity contribution in [1.82, 2.24) is 0 Å². The predicted molar refractivity (Wildman–Crippen MR) is 599 cm³/mol. The van der Waals surface area contributed by atoms with Crippen molar-refractivity contribution in [3.8, 4) is 11.8 Å². The summed E-state index contributed by atoms with van der Waals surface area (Å²) >= 11 is 24.9. The van der Waals surface area contributed by atoms with Crippen molar-refractivity contribution < 1.29 is 110 Å². The summed E-state index contributed by atoms with van der Waals surface area (Å²) in [6.07, 6.45) is 30.0. The van der Waals surface area contributed by atoms with Gasteiger partial charge in [-0.05, 0) is 353 Å². The summed E-state index contributed by atoms with van der Waals surface area (Å²) in [5, 5.41) is 23.4. The lowest BCUT2D eigenvalue weighted by Gasteiger charge is -2.42. The topological polar surface area (TPSA) is 372 Å². The van der Waals surface area contributed by atoms with E-state index in [0.717, 1.165) is 209 Å². The fourth-order valence-corrected chi connectivity index (χ4v) is 30.0. The van der Waals surface area contributed by atoms with E-state index in [1.54, 1.807) is 6.07 Å². The van der Waals surface area contributed by atoms with Gasteiger partial charge in [-0.2, -0.15) is 0 Å². The van der Waals surface area contributed by atoms with Gasteiger partial charge >= 0.3 is 35.8 Å². The number of hydrogen-bond donors (Lipinski definition) is 4. The third-order valence-electron chi connectivity index (χ3n) is 30.2. The number of ether oxygens (including phenoxy) is 10. The number of nitrogen functional groups attached to an aromatic ring is 1. The Bertz CT molecular complexity index is 5530. The van der Waals surface area contributed by atoms with Crippen molar-refractivity contribution in [2.24, 2.45) is 52.8 Å². The molecule has 9 aliphatic carbocycles. The number of carbonyl (C=O) groups is 11. The number of hydrogen-bond acceptors (Lipinski definition) is 31. The zero-order valence-corrected chi connectivity index (χ0v) is 99.9. The number of carbonyl (C=O) groups excluding carboxylic acids is 11. The molecule has 5 N–H and O–H groups in total. The summed E-state index contributed by atoms with van der Waals surface area (Å²) in [5.74, 6) is 6.62. The molecule has 0 bridgehead atoms. The van der Waals surface area contributed by atoms with Gasteiger partial charge in [0, 0.05) is 97.8 Å². The number of esters is 6. The summed E-state index contributed by atoms with van der Waals surface area (Å²) in [4.78, 5) is 150.